The Hall–Kier alpha value is -2.70. The van der Waals surface area contributed by atoms with Crippen molar-refractivity contribution in [2.24, 2.45) is 0 Å². The van der Waals surface area contributed by atoms with E-state index in [4.69, 9.17) is 9.47 Å². The predicted octanol–water partition coefficient (Wildman–Crippen LogP) is 8.02. The molecule has 0 saturated carbocycles. The van der Waals surface area contributed by atoms with Gasteiger partial charge in [-0.25, -0.2) is 0 Å². The fourth-order valence-electron chi connectivity index (χ4n) is 4.98. The summed E-state index contributed by atoms with van der Waals surface area (Å²) in [6.07, 6.45) is 10.0. The van der Waals surface area contributed by atoms with Crippen LogP contribution in [0.3, 0.4) is 0 Å². The van der Waals surface area contributed by atoms with Gasteiger partial charge in [0.05, 0.1) is 12.8 Å². The summed E-state index contributed by atoms with van der Waals surface area (Å²) in [6, 6.07) is 16.0. The summed E-state index contributed by atoms with van der Waals surface area (Å²) in [5, 5.41) is 0. The molecule has 0 spiro atoms. The SMILES string of the molecule is CCCCN(CCCC)CCC(=O)OCc1ccccc1-c1ccccc1COC(=O)CCN(CCCC)CCCC. The second-order valence-electron chi connectivity index (χ2n) is 11.2. The van der Waals surface area contributed by atoms with Gasteiger partial charge in [0, 0.05) is 13.1 Å². The molecule has 42 heavy (non-hydrogen) atoms. The second-order valence-corrected chi connectivity index (χ2v) is 11.2. The molecule has 0 heterocycles. The Bertz CT molecular complexity index is 927. The molecule has 6 heteroatoms. The van der Waals surface area contributed by atoms with Gasteiger partial charge in [-0.3, -0.25) is 9.59 Å². The smallest absolute Gasteiger partial charge is 0.307 e. The van der Waals surface area contributed by atoms with Crippen LogP contribution in [0, 0.1) is 0 Å². The number of unbranched alkanes of at least 4 members (excludes halogenated alkanes) is 4. The van der Waals surface area contributed by atoms with Gasteiger partial charge in [0.25, 0.3) is 0 Å². The van der Waals surface area contributed by atoms with Gasteiger partial charge in [-0.15, -0.1) is 0 Å². The summed E-state index contributed by atoms with van der Waals surface area (Å²) in [5.41, 5.74) is 3.88. The van der Waals surface area contributed by atoms with Crippen LogP contribution in [0.4, 0.5) is 0 Å². The van der Waals surface area contributed by atoms with Crippen LogP contribution in [-0.4, -0.2) is 61.0 Å². The number of hydrogen-bond acceptors (Lipinski definition) is 6. The van der Waals surface area contributed by atoms with Gasteiger partial charge in [-0.05, 0) is 74.1 Å². The van der Waals surface area contributed by atoms with Crippen molar-refractivity contribution >= 4 is 11.9 Å². The Morgan fingerprint density at radius 3 is 1.19 bits per heavy atom. The molecule has 0 unspecified atom stereocenters. The Balaban J connectivity index is 1.97. The van der Waals surface area contributed by atoms with E-state index in [-0.39, 0.29) is 25.2 Å². The minimum absolute atomic E-state index is 0.170. The van der Waals surface area contributed by atoms with Gasteiger partial charge in [-0.1, -0.05) is 102 Å². The van der Waals surface area contributed by atoms with Gasteiger partial charge in [0.1, 0.15) is 13.2 Å². The largest absolute Gasteiger partial charge is 0.461 e. The van der Waals surface area contributed by atoms with Crippen LogP contribution >= 0.6 is 0 Å². The third kappa shape index (κ3) is 14.0. The maximum Gasteiger partial charge on any atom is 0.307 e. The van der Waals surface area contributed by atoms with Gasteiger partial charge in [0.15, 0.2) is 0 Å². The summed E-state index contributed by atoms with van der Waals surface area (Å²) in [5.74, 6) is -0.339. The number of ether oxygens (including phenoxy) is 2. The van der Waals surface area contributed by atoms with Crippen molar-refractivity contribution in [1.82, 2.24) is 9.80 Å². The molecule has 2 rings (SSSR count). The monoisotopic (exact) mass is 580 g/mol. The Kier molecular flexibility index (Phi) is 18.5. The molecular formula is C36H56N2O4. The minimum atomic E-state index is -0.170. The summed E-state index contributed by atoms with van der Waals surface area (Å²) >= 11 is 0. The van der Waals surface area contributed by atoms with E-state index in [1.807, 2.05) is 48.5 Å². The summed E-state index contributed by atoms with van der Waals surface area (Å²) < 4.78 is 11.5. The Morgan fingerprint density at radius 1 is 0.524 bits per heavy atom. The molecule has 0 aliphatic carbocycles. The first-order chi connectivity index (χ1) is 20.5. The van der Waals surface area contributed by atoms with Gasteiger partial charge >= 0.3 is 11.9 Å². The number of rotatable bonds is 23. The second kappa shape index (κ2) is 21.9. The van der Waals surface area contributed by atoms with Gasteiger partial charge in [-0.2, -0.15) is 0 Å². The molecule has 0 amide bonds. The van der Waals surface area contributed by atoms with E-state index in [1.165, 1.54) is 0 Å². The van der Waals surface area contributed by atoms with Crippen LogP contribution in [0.2, 0.25) is 0 Å². The molecule has 0 aliphatic heterocycles. The Morgan fingerprint density at radius 2 is 0.857 bits per heavy atom. The van der Waals surface area contributed by atoms with Crippen molar-refractivity contribution in [1.29, 1.82) is 0 Å². The maximum atomic E-state index is 12.7. The van der Waals surface area contributed by atoms with Crippen molar-refractivity contribution < 1.29 is 19.1 Å². The number of carbonyl (C=O) groups excluding carboxylic acids is 2. The first-order valence-electron chi connectivity index (χ1n) is 16.4. The fourth-order valence-corrected chi connectivity index (χ4v) is 4.98. The van der Waals surface area contributed by atoms with Crippen LogP contribution in [0.1, 0.15) is 103 Å². The van der Waals surface area contributed by atoms with Crippen molar-refractivity contribution in [3.05, 3.63) is 59.7 Å². The quantitative estimate of drug-likeness (QED) is 0.124. The predicted molar refractivity (Wildman–Crippen MR) is 173 cm³/mol. The number of esters is 2. The van der Waals surface area contributed by atoms with E-state index >= 15 is 0 Å². The topological polar surface area (TPSA) is 59.1 Å². The molecule has 2 aromatic rings. The third-order valence-corrected chi connectivity index (χ3v) is 7.68. The molecule has 0 fully saturated rings. The van der Waals surface area contributed by atoms with E-state index < -0.39 is 0 Å². The van der Waals surface area contributed by atoms with Crippen molar-refractivity contribution in [2.75, 3.05) is 39.3 Å². The fraction of sp³-hybridized carbons (Fsp3) is 0.611. The molecule has 0 N–H and O–H groups in total. The first-order valence-corrected chi connectivity index (χ1v) is 16.4. The van der Waals surface area contributed by atoms with Gasteiger partial charge < -0.3 is 19.3 Å². The zero-order valence-corrected chi connectivity index (χ0v) is 26.9. The highest BCUT2D eigenvalue weighted by atomic mass is 16.5. The highest BCUT2D eigenvalue weighted by Crippen LogP contribution is 2.28. The lowest BCUT2D eigenvalue weighted by molar-refractivity contribution is -0.146. The number of nitrogens with zero attached hydrogens (tertiary/aromatic N) is 2. The lowest BCUT2D eigenvalue weighted by atomic mass is 9.96. The lowest BCUT2D eigenvalue weighted by Crippen LogP contribution is -2.29. The lowest BCUT2D eigenvalue weighted by Gasteiger charge is -2.21. The van der Waals surface area contributed by atoms with Crippen LogP contribution in [0.5, 0.6) is 0 Å². The maximum absolute atomic E-state index is 12.7. The zero-order chi connectivity index (χ0) is 30.4. The van der Waals surface area contributed by atoms with Crippen LogP contribution in [0.15, 0.2) is 48.5 Å². The molecular weight excluding hydrogens is 524 g/mol. The number of carbonyl (C=O) groups is 2. The molecule has 0 saturated heterocycles. The van der Waals surface area contributed by atoms with E-state index in [1.54, 1.807) is 0 Å². The average molecular weight is 581 g/mol. The first kappa shape index (κ1) is 35.5. The number of hydrogen-bond donors (Lipinski definition) is 0. The summed E-state index contributed by atoms with van der Waals surface area (Å²) in [7, 11) is 0. The molecule has 0 radical (unpaired) electrons. The van der Waals surface area contributed by atoms with E-state index in [9.17, 15) is 9.59 Å². The average Bonchev–Trinajstić information content (AvgIpc) is 3.02. The minimum Gasteiger partial charge on any atom is -0.461 e. The molecule has 234 valence electrons. The molecule has 0 aromatic heterocycles. The van der Waals surface area contributed by atoms with Gasteiger partial charge in [0.2, 0.25) is 0 Å². The molecule has 0 atom stereocenters. The molecule has 2 aromatic carbocycles. The van der Waals surface area contributed by atoms with Crippen molar-refractivity contribution in [2.45, 2.75) is 105 Å². The van der Waals surface area contributed by atoms with E-state index in [0.29, 0.717) is 12.8 Å². The van der Waals surface area contributed by atoms with Crippen LogP contribution in [0.25, 0.3) is 11.1 Å². The molecule has 6 nitrogen and oxygen atoms in total. The van der Waals surface area contributed by atoms with Crippen LogP contribution in [-0.2, 0) is 32.3 Å². The van der Waals surface area contributed by atoms with E-state index in [0.717, 1.165) is 113 Å². The highest BCUT2D eigenvalue weighted by molar-refractivity contribution is 5.73. The Labute approximate surface area is 255 Å². The van der Waals surface area contributed by atoms with Crippen LogP contribution < -0.4 is 0 Å². The summed E-state index contributed by atoms with van der Waals surface area (Å²) in [4.78, 5) is 30.1. The zero-order valence-electron chi connectivity index (χ0n) is 26.9. The normalized spacial score (nSPS) is 11.3. The van der Waals surface area contributed by atoms with E-state index in [2.05, 4.69) is 37.5 Å². The summed E-state index contributed by atoms with van der Waals surface area (Å²) in [6.45, 7) is 14.8. The standard InChI is InChI=1S/C36H56N2O4/c1-5-9-23-37(24-10-6-2)27-21-35(39)41-29-31-17-13-15-19-33(31)34-20-16-14-18-32(34)30-42-36(40)22-28-38(25-11-7-3)26-12-8-4/h13-20H,5-12,21-30H2,1-4H3. The third-order valence-electron chi connectivity index (χ3n) is 7.68. The molecule has 0 bridgehead atoms. The molecule has 0 aliphatic rings. The number of benzene rings is 2. The highest BCUT2D eigenvalue weighted by Gasteiger charge is 2.15. The van der Waals surface area contributed by atoms with Crippen molar-refractivity contribution in [3.63, 3.8) is 0 Å². The van der Waals surface area contributed by atoms with Crippen molar-refractivity contribution in [3.8, 4) is 11.1 Å².